The standard InChI is InChI=1S/2C14H24P.Fe/c2*1-12(2,3)14(15,13(4,5)6)11-9-7-8-10-11;/h2*7-10H,15H2,1-6H3;/q2*-1;+2. The van der Waals surface area contributed by atoms with Crippen LogP contribution in [0.5, 0.6) is 0 Å². The van der Waals surface area contributed by atoms with Crippen LogP contribution in [0.15, 0.2) is 48.5 Å². The van der Waals surface area contributed by atoms with Crippen molar-refractivity contribution in [1.82, 2.24) is 0 Å². The second kappa shape index (κ2) is 10.1. The molecule has 178 valence electrons. The molecule has 2 aromatic carbocycles. The molecule has 0 fully saturated rings. The maximum Gasteiger partial charge on any atom is 2.00 e. The quantitative estimate of drug-likeness (QED) is 0.218. The number of hydrogen-bond acceptors (Lipinski definition) is 0. The Labute approximate surface area is 209 Å². The fourth-order valence-corrected chi connectivity index (χ4v) is 5.64. The topological polar surface area (TPSA) is 0 Å². The van der Waals surface area contributed by atoms with Gasteiger partial charge < -0.3 is 0 Å². The second-order valence-corrected chi connectivity index (χ2v) is 14.7. The molecule has 0 heterocycles. The van der Waals surface area contributed by atoms with Gasteiger partial charge in [-0.2, -0.15) is 35.4 Å². The first kappa shape index (κ1) is 31.1. The molecule has 0 aliphatic carbocycles. The fourth-order valence-electron chi connectivity index (χ4n) is 5.26. The summed E-state index contributed by atoms with van der Waals surface area (Å²) in [6.45, 7) is 27.8. The Hall–Kier alpha value is 0.0795. The summed E-state index contributed by atoms with van der Waals surface area (Å²) in [4.78, 5) is 0. The zero-order chi connectivity index (χ0) is 23.8. The first-order chi connectivity index (χ1) is 13.2. The van der Waals surface area contributed by atoms with Gasteiger partial charge in [0.1, 0.15) is 0 Å². The Morgan fingerprint density at radius 3 is 0.871 bits per heavy atom. The van der Waals surface area contributed by atoms with Crippen molar-refractivity contribution in [3.05, 3.63) is 59.7 Å². The predicted molar refractivity (Wildman–Crippen MR) is 145 cm³/mol. The van der Waals surface area contributed by atoms with Gasteiger partial charge in [-0.25, -0.2) is 24.3 Å². The van der Waals surface area contributed by atoms with Gasteiger partial charge in [0.2, 0.25) is 0 Å². The molecule has 0 nitrogen and oxygen atoms in total. The average Bonchev–Trinajstić information content (AvgIpc) is 3.23. The Balaban J connectivity index is 0.000000562. The van der Waals surface area contributed by atoms with E-state index >= 15 is 0 Å². The van der Waals surface area contributed by atoms with Gasteiger partial charge in [-0.15, -0.1) is 18.5 Å². The molecule has 2 atom stereocenters. The predicted octanol–water partition coefficient (Wildman–Crippen LogP) is 9.13. The van der Waals surface area contributed by atoms with Crippen LogP contribution in [0.3, 0.4) is 0 Å². The summed E-state index contributed by atoms with van der Waals surface area (Å²) in [6, 6.07) is 17.5. The zero-order valence-corrected chi connectivity index (χ0v) is 25.5. The van der Waals surface area contributed by atoms with Crippen molar-refractivity contribution in [3.8, 4) is 0 Å². The van der Waals surface area contributed by atoms with Crippen LogP contribution >= 0.6 is 18.5 Å². The first-order valence-electron chi connectivity index (χ1n) is 11.2. The number of rotatable bonds is 2. The van der Waals surface area contributed by atoms with Crippen molar-refractivity contribution >= 4 is 18.5 Å². The Morgan fingerprint density at radius 1 is 0.516 bits per heavy atom. The van der Waals surface area contributed by atoms with E-state index in [1.54, 1.807) is 0 Å². The van der Waals surface area contributed by atoms with Crippen LogP contribution in [0.25, 0.3) is 0 Å². The fraction of sp³-hybridized carbons (Fsp3) is 0.643. The van der Waals surface area contributed by atoms with Crippen LogP contribution in [0.4, 0.5) is 0 Å². The smallest absolute Gasteiger partial charge is 0.213 e. The van der Waals surface area contributed by atoms with Gasteiger partial charge in [-0.05, 0) is 32.0 Å². The largest absolute Gasteiger partial charge is 2.00 e. The monoisotopic (exact) mass is 502 g/mol. The molecule has 0 aliphatic rings. The molecule has 3 heteroatoms. The van der Waals surface area contributed by atoms with Crippen LogP contribution < -0.4 is 0 Å². The van der Waals surface area contributed by atoms with E-state index in [0.29, 0.717) is 0 Å². The van der Waals surface area contributed by atoms with E-state index in [1.807, 2.05) is 0 Å². The summed E-state index contributed by atoms with van der Waals surface area (Å²) in [5.74, 6) is 0. The molecule has 31 heavy (non-hydrogen) atoms. The first-order valence-corrected chi connectivity index (χ1v) is 12.4. The zero-order valence-electron chi connectivity index (χ0n) is 22.1. The van der Waals surface area contributed by atoms with Gasteiger partial charge in [0, 0.05) is 0 Å². The summed E-state index contributed by atoms with van der Waals surface area (Å²) in [6.07, 6.45) is 0. The third-order valence-electron chi connectivity index (χ3n) is 6.97. The van der Waals surface area contributed by atoms with Crippen molar-refractivity contribution in [2.45, 2.75) is 93.4 Å². The molecular formula is C28H48FeP2. The van der Waals surface area contributed by atoms with Crippen molar-refractivity contribution in [1.29, 1.82) is 0 Å². The molecule has 0 aromatic heterocycles. The SMILES string of the molecule is CC(C)(C)C(P)(c1ccc[cH-]1)C(C)(C)C.CC(C)(C)C(P)(c1ccc[cH-]1)C(C)(C)C.[Fe+2]. The van der Waals surface area contributed by atoms with Crippen LogP contribution in [0, 0.1) is 21.7 Å². The van der Waals surface area contributed by atoms with Crippen LogP contribution in [0.1, 0.15) is 94.2 Å². The van der Waals surface area contributed by atoms with Gasteiger partial charge in [0.25, 0.3) is 0 Å². The van der Waals surface area contributed by atoms with E-state index in [-0.39, 0.29) is 49.0 Å². The summed E-state index contributed by atoms with van der Waals surface area (Å²) in [5.41, 5.74) is 3.75. The van der Waals surface area contributed by atoms with Gasteiger partial charge in [-0.3, -0.25) is 0 Å². The Bertz CT molecular complexity index is 659. The van der Waals surface area contributed by atoms with E-state index in [0.717, 1.165) is 0 Å². The molecule has 0 saturated heterocycles. The molecule has 0 saturated carbocycles. The van der Waals surface area contributed by atoms with Crippen molar-refractivity contribution in [3.63, 3.8) is 0 Å². The molecule has 0 N–H and O–H groups in total. The molecule has 0 radical (unpaired) electrons. The normalized spacial score (nSPS) is 13.9. The van der Waals surface area contributed by atoms with E-state index in [9.17, 15) is 0 Å². The van der Waals surface area contributed by atoms with Gasteiger partial charge >= 0.3 is 17.1 Å². The van der Waals surface area contributed by atoms with E-state index in [4.69, 9.17) is 0 Å². The minimum absolute atomic E-state index is 0. The summed E-state index contributed by atoms with van der Waals surface area (Å²) in [7, 11) is 6.22. The third-order valence-corrected chi connectivity index (χ3v) is 11.1. The van der Waals surface area contributed by atoms with Crippen LogP contribution in [-0.4, -0.2) is 0 Å². The van der Waals surface area contributed by atoms with Crippen molar-refractivity contribution in [2.75, 3.05) is 0 Å². The molecule has 2 aromatic rings. The minimum atomic E-state index is 0. The third kappa shape index (κ3) is 6.15. The van der Waals surface area contributed by atoms with Gasteiger partial charge in [0.05, 0.1) is 0 Å². The Morgan fingerprint density at radius 2 is 0.742 bits per heavy atom. The maximum absolute atomic E-state index is 3.11. The van der Waals surface area contributed by atoms with Crippen molar-refractivity contribution < 1.29 is 17.1 Å². The maximum atomic E-state index is 3.11. The minimum Gasteiger partial charge on any atom is -0.213 e. The summed E-state index contributed by atoms with van der Waals surface area (Å²) >= 11 is 0. The average molecular weight is 502 g/mol. The molecule has 2 unspecified atom stereocenters. The Kier molecular flexibility index (Phi) is 10.2. The van der Waals surface area contributed by atoms with E-state index in [1.165, 1.54) is 11.1 Å². The molecule has 0 bridgehead atoms. The van der Waals surface area contributed by atoms with Gasteiger partial charge in [0.15, 0.2) is 0 Å². The van der Waals surface area contributed by atoms with Crippen molar-refractivity contribution in [2.24, 2.45) is 21.7 Å². The second-order valence-electron chi connectivity index (χ2n) is 13.0. The van der Waals surface area contributed by atoms with Crippen LogP contribution in [0.2, 0.25) is 0 Å². The van der Waals surface area contributed by atoms with E-state index < -0.39 is 0 Å². The van der Waals surface area contributed by atoms with E-state index in [2.05, 4.69) is 150 Å². The molecule has 2 rings (SSSR count). The molecule has 0 aliphatic heterocycles. The van der Waals surface area contributed by atoms with Crippen LogP contribution in [-0.2, 0) is 27.4 Å². The molecule has 0 amide bonds. The van der Waals surface area contributed by atoms with Gasteiger partial charge in [-0.1, -0.05) is 83.1 Å². The molecule has 0 spiro atoms. The summed E-state index contributed by atoms with van der Waals surface area (Å²) < 4.78 is 0. The molecular weight excluding hydrogens is 454 g/mol. The number of hydrogen-bond donors (Lipinski definition) is 0. The summed E-state index contributed by atoms with van der Waals surface area (Å²) in [5, 5.41) is 0.229.